The molecule has 0 aliphatic carbocycles. The lowest BCUT2D eigenvalue weighted by molar-refractivity contribution is 0.0671. The number of aliphatic hydroxyl groups is 1. The first kappa shape index (κ1) is 19.9. The van der Waals surface area contributed by atoms with E-state index in [-0.39, 0.29) is 6.54 Å². The third-order valence-electron chi connectivity index (χ3n) is 4.82. The van der Waals surface area contributed by atoms with E-state index in [0.29, 0.717) is 0 Å². The molecule has 1 unspecified atom stereocenters. The smallest absolute Gasteiger partial charge is 0.191 e. The van der Waals surface area contributed by atoms with Gasteiger partial charge in [0.15, 0.2) is 5.96 Å². The lowest BCUT2D eigenvalue weighted by Gasteiger charge is -2.27. The zero-order valence-electron chi connectivity index (χ0n) is 16.4. The average Bonchev–Trinajstić information content (AvgIpc) is 3.28. The van der Waals surface area contributed by atoms with E-state index in [2.05, 4.69) is 37.1 Å². The van der Waals surface area contributed by atoms with Crippen LogP contribution in [0, 0.1) is 0 Å². The second kappa shape index (κ2) is 8.86. The molecule has 0 saturated heterocycles. The lowest BCUT2D eigenvalue weighted by Crippen LogP contribution is -2.43. The topological polar surface area (TPSA) is 77.7 Å². The van der Waals surface area contributed by atoms with E-state index < -0.39 is 5.60 Å². The van der Waals surface area contributed by atoms with E-state index in [1.807, 2.05) is 31.5 Å². The Morgan fingerprint density at radius 3 is 3.04 bits per heavy atom. The number of thiophene rings is 1. The quantitative estimate of drug-likeness (QED) is 0.491. The second-order valence-corrected chi connectivity index (χ2v) is 8.19. The van der Waals surface area contributed by atoms with Crippen LogP contribution in [0.15, 0.2) is 28.8 Å². The summed E-state index contributed by atoms with van der Waals surface area (Å²) in [5.41, 5.74) is 1.20. The Morgan fingerprint density at radius 1 is 1.44 bits per heavy atom. The summed E-state index contributed by atoms with van der Waals surface area (Å²) >= 11 is 1.87. The van der Waals surface area contributed by atoms with Crippen LogP contribution in [0.5, 0.6) is 0 Å². The van der Waals surface area contributed by atoms with Crippen LogP contribution in [0.4, 0.5) is 0 Å². The molecule has 27 heavy (non-hydrogen) atoms. The molecule has 8 heteroatoms. The number of nitrogens with zero attached hydrogens (tertiary/aromatic N) is 4. The highest BCUT2D eigenvalue weighted by atomic mass is 32.1. The number of rotatable bonds is 7. The fourth-order valence-corrected chi connectivity index (χ4v) is 4.09. The number of guanidine groups is 1. The summed E-state index contributed by atoms with van der Waals surface area (Å²) in [5.74, 6) is 0.731. The first-order valence-electron chi connectivity index (χ1n) is 9.49. The van der Waals surface area contributed by atoms with Gasteiger partial charge in [0.2, 0.25) is 0 Å². The Kier molecular flexibility index (Phi) is 6.51. The molecule has 0 fully saturated rings. The van der Waals surface area contributed by atoms with Gasteiger partial charge in [0, 0.05) is 56.4 Å². The number of aryl methyl sites for hydroxylation is 1. The molecule has 148 valence electrons. The van der Waals surface area contributed by atoms with Crippen LogP contribution in [-0.4, -0.2) is 58.5 Å². The van der Waals surface area contributed by atoms with E-state index in [0.717, 1.165) is 50.7 Å². The summed E-state index contributed by atoms with van der Waals surface area (Å²) in [5, 5.41) is 23.7. The summed E-state index contributed by atoms with van der Waals surface area (Å²) in [4.78, 5) is 8.58. The monoisotopic (exact) mass is 390 g/mol. The van der Waals surface area contributed by atoms with Crippen LogP contribution in [0.3, 0.4) is 0 Å². The highest BCUT2D eigenvalue weighted by Crippen LogP contribution is 2.23. The first-order chi connectivity index (χ1) is 13.0. The molecule has 1 aliphatic rings. The molecular formula is C19H30N6OS. The predicted octanol–water partition coefficient (Wildman–Crippen LogP) is 1.30. The first-order valence-corrected chi connectivity index (χ1v) is 10.4. The van der Waals surface area contributed by atoms with Gasteiger partial charge < -0.3 is 15.7 Å². The molecule has 1 atom stereocenters. The third kappa shape index (κ3) is 5.31. The second-order valence-electron chi connectivity index (χ2n) is 7.19. The average molecular weight is 391 g/mol. The molecule has 0 radical (unpaired) electrons. The van der Waals surface area contributed by atoms with Crippen LogP contribution >= 0.6 is 11.3 Å². The largest absolute Gasteiger partial charge is 0.383 e. The predicted molar refractivity (Wildman–Crippen MR) is 110 cm³/mol. The van der Waals surface area contributed by atoms with Crippen molar-refractivity contribution in [2.24, 2.45) is 12.0 Å². The van der Waals surface area contributed by atoms with Crippen LogP contribution in [-0.2, 0) is 25.6 Å². The van der Waals surface area contributed by atoms with Gasteiger partial charge in [-0.3, -0.25) is 9.58 Å². The van der Waals surface area contributed by atoms with Gasteiger partial charge >= 0.3 is 0 Å². The molecule has 3 heterocycles. The molecule has 7 nitrogen and oxygen atoms in total. The van der Waals surface area contributed by atoms with Gasteiger partial charge in [-0.05, 0) is 37.3 Å². The summed E-state index contributed by atoms with van der Waals surface area (Å²) in [6.07, 6.45) is 4.66. The van der Waals surface area contributed by atoms with Gasteiger partial charge in [-0.1, -0.05) is 0 Å². The lowest BCUT2D eigenvalue weighted by atomic mass is 10.0. The molecule has 0 bridgehead atoms. The minimum absolute atomic E-state index is 0.274. The molecule has 1 aliphatic heterocycles. The van der Waals surface area contributed by atoms with E-state index in [1.54, 1.807) is 17.8 Å². The number of fused-ring (bicyclic) bond motifs is 1. The highest BCUT2D eigenvalue weighted by molar-refractivity contribution is 7.10. The van der Waals surface area contributed by atoms with Crippen LogP contribution in [0.25, 0.3) is 0 Å². The normalized spacial score (nSPS) is 17.4. The molecule has 0 saturated carbocycles. The molecule has 0 amide bonds. The Morgan fingerprint density at radius 2 is 2.30 bits per heavy atom. The van der Waals surface area contributed by atoms with E-state index in [1.165, 1.54) is 10.4 Å². The number of hydrogen-bond donors (Lipinski definition) is 3. The van der Waals surface area contributed by atoms with Gasteiger partial charge in [0.05, 0.1) is 12.7 Å². The van der Waals surface area contributed by atoms with Crippen LogP contribution in [0.2, 0.25) is 0 Å². The van der Waals surface area contributed by atoms with Gasteiger partial charge in [-0.25, -0.2) is 4.99 Å². The third-order valence-corrected chi connectivity index (χ3v) is 5.85. The van der Waals surface area contributed by atoms with Gasteiger partial charge in [-0.2, -0.15) is 5.10 Å². The standard InChI is InChI=1S/C19H30N6OS/c1-4-20-18(22-14-19(2,26)16-11-23-24(3)13-16)21-7-9-25-8-5-17-15(12-25)6-10-27-17/h6,10-11,13,26H,4-5,7-9,12,14H2,1-3H3,(H2,20,21,22). The molecule has 3 N–H and O–H groups in total. The molecular weight excluding hydrogens is 360 g/mol. The number of aliphatic imine (C=N–C) groups is 1. The van der Waals surface area contributed by atoms with Gasteiger partial charge in [0.25, 0.3) is 0 Å². The zero-order chi connectivity index (χ0) is 19.3. The maximum absolute atomic E-state index is 10.7. The molecule has 0 spiro atoms. The molecule has 2 aromatic heterocycles. The summed E-state index contributed by atoms with van der Waals surface area (Å²) in [6, 6.07) is 2.24. The Hall–Kier alpha value is -1.90. The molecule has 0 aromatic carbocycles. The van der Waals surface area contributed by atoms with Crippen molar-refractivity contribution >= 4 is 17.3 Å². The van der Waals surface area contributed by atoms with E-state index in [9.17, 15) is 5.11 Å². The molecule has 2 aromatic rings. The summed E-state index contributed by atoms with van der Waals surface area (Å²) in [6.45, 7) is 8.79. The SMILES string of the molecule is CCNC(=NCC(C)(O)c1cnn(C)c1)NCCN1CCc2sccc2C1. The minimum atomic E-state index is -1.04. The van der Waals surface area contributed by atoms with E-state index in [4.69, 9.17) is 0 Å². The van der Waals surface area contributed by atoms with Crippen molar-refractivity contribution in [1.29, 1.82) is 0 Å². The van der Waals surface area contributed by atoms with Crippen molar-refractivity contribution < 1.29 is 5.11 Å². The van der Waals surface area contributed by atoms with Crippen LogP contribution in [0.1, 0.15) is 29.9 Å². The van der Waals surface area contributed by atoms with Crippen molar-refractivity contribution in [1.82, 2.24) is 25.3 Å². The molecule has 3 rings (SSSR count). The number of hydrogen-bond acceptors (Lipinski definition) is 5. The van der Waals surface area contributed by atoms with Crippen molar-refractivity contribution in [3.8, 4) is 0 Å². The number of aromatic nitrogens is 2. The van der Waals surface area contributed by atoms with Crippen LogP contribution < -0.4 is 10.6 Å². The summed E-state index contributed by atoms with van der Waals surface area (Å²) < 4.78 is 1.69. The Bertz CT molecular complexity index is 766. The van der Waals surface area contributed by atoms with E-state index >= 15 is 0 Å². The maximum Gasteiger partial charge on any atom is 0.191 e. The van der Waals surface area contributed by atoms with Gasteiger partial charge in [0.1, 0.15) is 5.60 Å². The Balaban J connectivity index is 1.50. The van der Waals surface area contributed by atoms with Crippen molar-refractivity contribution in [3.05, 3.63) is 39.8 Å². The maximum atomic E-state index is 10.7. The minimum Gasteiger partial charge on any atom is -0.383 e. The van der Waals surface area contributed by atoms with Crippen molar-refractivity contribution in [2.45, 2.75) is 32.4 Å². The Labute approximate surface area is 165 Å². The highest BCUT2D eigenvalue weighted by Gasteiger charge is 2.24. The zero-order valence-corrected chi connectivity index (χ0v) is 17.2. The van der Waals surface area contributed by atoms with Crippen molar-refractivity contribution in [3.63, 3.8) is 0 Å². The van der Waals surface area contributed by atoms with Gasteiger partial charge in [-0.15, -0.1) is 11.3 Å². The fourth-order valence-electron chi connectivity index (χ4n) is 3.20. The summed E-state index contributed by atoms with van der Waals surface area (Å²) in [7, 11) is 1.84. The van der Waals surface area contributed by atoms with Crippen molar-refractivity contribution in [2.75, 3.05) is 32.7 Å². The number of nitrogens with one attached hydrogen (secondary N) is 2. The fraction of sp³-hybridized carbons (Fsp3) is 0.579.